The van der Waals surface area contributed by atoms with E-state index in [0.29, 0.717) is 6.04 Å². The van der Waals surface area contributed by atoms with Crippen molar-refractivity contribution < 1.29 is 0 Å². The summed E-state index contributed by atoms with van der Waals surface area (Å²) in [7, 11) is 0. The van der Waals surface area contributed by atoms with Crippen molar-refractivity contribution in [1.29, 1.82) is 0 Å². The lowest BCUT2D eigenvalue weighted by molar-refractivity contribution is 0.0847. The Kier molecular flexibility index (Phi) is 3.60. The Morgan fingerprint density at radius 2 is 2.06 bits per heavy atom. The fourth-order valence-electron chi connectivity index (χ4n) is 3.52. The quantitative estimate of drug-likeness (QED) is 0.883. The molecule has 98 valence electrons. The highest BCUT2D eigenvalue weighted by Crippen LogP contribution is 2.33. The smallest absolute Gasteiger partial charge is 0.0406 e. The zero-order chi connectivity index (χ0) is 12.5. The number of hydrogen-bond donors (Lipinski definition) is 1. The van der Waals surface area contributed by atoms with Crippen LogP contribution in [0.1, 0.15) is 31.4 Å². The largest absolute Gasteiger partial charge is 0.315 e. The topological polar surface area (TPSA) is 15.3 Å². The molecule has 3 atom stereocenters. The minimum absolute atomic E-state index is 0.495. The number of hydrogen-bond acceptors (Lipinski definition) is 2. The van der Waals surface area contributed by atoms with Gasteiger partial charge in [0.05, 0.1) is 0 Å². The molecule has 3 rings (SSSR count). The maximum atomic E-state index is 5.97. The van der Waals surface area contributed by atoms with E-state index < -0.39 is 0 Å². The Hall–Kier alpha value is -0.570. The monoisotopic (exact) mass is 264 g/mol. The number of rotatable bonds is 2. The SMILES string of the molecule is CC(c1ccc(Cl)cc1)N1CCCC2CNCC21. The molecule has 0 radical (unpaired) electrons. The third-order valence-electron chi connectivity index (χ3n) is 4.57. The standard InChI is InChI=1S/C15H21ClN2/c1-11(12-4-6-14(16)7-5-12)18-8-2-3-13-9-17-10-15(13)18/h4-7,11,13,15,17H,2-3,8-10H2,1H3. The van der Waals surface area contributed by atoms with Crippen LogP contribution in [0.5, 0.6) is 0 Å². The van der Waals surface area contributed by atoms with E-state index in [-0.39, 0.29) is 0 Å². The van der Waals surface area contributed by atoms with Crippen molar-refractivity contribution in [3.63, 3.8) is 0 Å². The first-order valence-corrected chi connectivity index (χ1v) is 7.35. The molecule has 3 unspecified atom stereocenters. The lowest BCUT2D eigenvalue weighted by Gasteiger charge is -2.41. The summed E-state index contributed by atoms with van der Waals surface area (Å²) in [5, 5.41) is 4.37. The van der Waals surface area contributed by atoms with Crippen LogP contribution in [0.4, 0.5) is 0 Å². The predicted molar refractivity (Wildman–Crippen MR) is 76.0 cm³/mol. The van der Waals surface area contributed by atoms with E-state index in [2.05, 4.69) is 29.3 Å². The van der Waals surface area contributed by atoms with Crippen molar-refractivity contribution >= 4 is 11.6 Å². The van der Waals surface area contributed by atoms with Crippen LogP contribution in [-0.4, -0.2) is 30.6 Å². The minimum atomic E-state index is 0.495. The molecule has 18 heavy (non-hydrogen) atoms. The number of halogens is 1. The lowest BCUT2D eigenvalue weighted by atomic mass is 9.90. The first-order valence-electron chi connectivity index (χ1n) is 6.97. The van der Waals surface area contributed by atoms with Gasteiger partial charge in [0, 0.05) is 23.7 Å². The molecule has 1 N–H and O–H groups in total. The molecular weight excluding hydrogens is 244 g/mol. The second-order valence-electron chi connectivity index (χ2n) is 5.59. The molecule has 2 fully saturated rings. The number of likely N-dealkylation sites (tertiary alicyclic amines) is 1. The van der Waals surface area contributed by atoms with Crippen LogP contribution in [0.25, 0.3) is 0 Å². The van der Waals surface area contributed by atoms with Gasteiger partial charge in [-0.3, -0.25) is 4.90 Å². The van der Waals surface area contributed by atoms with Crippen molar-refractivity contribution in [2.45, 2.75) is 31.8 Å². The molecule has 2 heterocycles. The van der Waals surface area contributed by atoms with E-state index >= 15 is 0 Å². The fourth-order valence-corrected chi connectivity index (χ4v) is 3.64. The van der Waals surface area contributed by atoms with Crippen LogP contribution in [0.15, 0.2) is 24.3 Å². The highest BCUT2D eigenvalue weighted by molar-refractivity contribution is 6.30. The first-order chi connectivity index (χ1) is 8.75. The highest BCUT2D eigenvalue weighted by atomic mass is 35.5. The van der Waals surface area contributed by atoms with E-state index in [4.69, 9.17) is 11.6 Å². The first kappa shape index (κ1) is 12.5. The van der Waals surface area contributed by atoms with E-state index in [0.717, 1.165) is 23.5 Å². The molecule has 2 aliphatic rings. The molecule has 1 aromatic rings. The van der Waals surface area contributed by atoms with E-state index in [1.807, 2.05) is 12.1 Å². The number of benzene rings is 1. The van der Waals surface area contributed by atoms with Crippen LogP contribution >= 0.6 is 11.6 Å². The Bertz CT molecular complexity index is 403. The summed E-state index contributed by atoms with van der Waals surface area (Å²) < 4.78 is 0. The average Bonchev–Trinajstić information content (AvgIpc) is 2.87. The summed E-state index contributed by atoms with van der Waals surface area (Å²) in [6.07, 6.45) is 2.72. The van der Waals surface area contributed by atoms with E-state index in [1.165, 1.54) is 31.5 Å². The molecule has 0 aromatic heterocycles. The van der Waals surface area contributed by atoms with Crippen LogP contribution in [-0.2, 0) is 0 Å². The summed E-state index contributed by atoms with van der Waals surface area (Å²) in [6.45, 7) is 5.91. The van der Waals surface area contributed by atoms with Crippen molar-refractivity contribution in [3.05, 3.63) is 34.9 Å². The highest BCUT2D eigenvalue weighted by Gasteiger charge is 2.37. The third-order valence-corrected chi connectivity index (χ3v) is 4.82. The van der Waals surface area contributed by atoms with Gasteiger partial charge < -0.3 is 5.32 Å². The second kappa shape index (κ2) is 5.20. The molecule has 0 amide bonds. The number of nitrogens with one attached hydrogen (secondary N) is 1. The zero-order valence-electron chi connectivity index (χ0n) is 10.9. The summed E-state index contributed by atoms with van der Waals surface area (Å²) in [5.74, 6) is 0.855. The molecule has 0 bridgehead atoms. The molecule has 1 aromatic carbocycles. The molecular formula is C15H21ClN2. The second-order valence-corrected chi connectivity index (χ2v) is 6.03. The zero-order valence-corrected chi connectivity index (χ0v) is 11.7. The van der Waals surface area contributed by atoms with Gasteiger partial charge in [-0.25, -0.2) is 0 Å². The van der Waals surface area contributed by atoms with E-state index in [9.17, 15) is 0 Å². The predicted octanol–water partition coefficient (Wildman–Crippen LogP) is 3.08. The molecule has 2 nitrogen and oxygen atoms in total. The van der Waals surface area contributed by atoms with Crippen molar-refractivity contribution in [3.8, 4) is 0 Å². The van der Waals surface area contributed by atoms with Crippen LogP contribution in [0.2, 0.25) is 5.02 Å². The van der Waals surface area contributed by atoms with Gasteiger partial charge in [0.15, 0.2) is 0 Å². The molecule has 0 saturated carbocycles. The maximum absolute atomic E-state index is 5.97. The van der Waals surface area contributed by atoms with Crippen LogP contribution in [0.3, 0.4) is 0 Å². The molecule has 2 saturated heterocycles. The summed E-state index contributed by atoms with van der Waals surface area (Å²) >= 11 is 5.97. The normalized spacial score (nSPS) is 30.1. The Morgan fingerprint density at radius 1 is 1.28 bits per heavy atom. The Morgan fingerprint density at radius 3 is 2.83 bits per heavy atom. The third kappa shape index (κ3) is 2.29. The summed E-state index contributed by atoms with van der Waals surface area (Å²) in [6, 6.07) is 9.56. The van der Waals surface area contributed by atoms with Gasteiger partial charge in [-0.05, 0) is 56.5 Å². The van der Waals surface area contributed by atoms with Gasteiger partial charge >= 0.3 is 0 Å². The van der Waals surface area contributed by atoms with E-state index in [1.54, 1.807) is 0 Å². The Balaban J connectivity index is 1.78. The van der Waals surface area contributed by atoms with Crippen molar-refractivity contribution in [1.82, 2.24) is 10.2 Å². The number of piperidine rings is 1. The van der Waals surface area contributed by atoms with Gasteiger partial charge in [-0.1, -0.05) is 23.7 Å². The molecule has 2 aliphatic heterocycles. The van der Waals surface area contributed by atoms with Crippen molar-refractivity contribution in [2.75, 3.05) is 19.6 Å². The van der Waals surface area contributed by atoms with Gasteiger partial charge in [-0.2, -0.15) is 0 Å². The summed E-state index contributed by atoms with van der Waals surface area (Å²) in [4.78, 5) is 2.68. The lowest BCUT2D eigenvalue weighted by Crippen LogP contribution is -2.46. The molecule has 3 heteroatoms. The van der Waals surface area contributed by atoms with Gasteiger partial charge in [0.25, 0.3) is 0 Å². The fraction of sp³-hybridized carbons (Fsp3) is 0.600. The van der Waals surface area contributed by atoms with Gasteiger partial charge in [0.1, 0.15) is 0 Å². The number of fused-ring (bicyclic) bond motifs is 1. The average molecular weight is 265 g/mol. The van der Waals surface area contributed by atoms with Gasteiger partial charge in [-0.15, -0.1) is 0 Å². The minimum Gasteiger partial charge on any atom is -0.315 e. The van der Waals surface area contributed by atoms with Crippen molar-refractivity contribution in [2.24, 2.45) is 5.92 Å². The van der Waals surface area contributed by atoms with Crippen LogP contribution < -0.4 is 5.32 Å². The molecule has 0 aliphatic carbocycles. The maximum Gasteiger partial charge on any atom is 0.0406 e. The molecule has 0 spiro atoms. The summed E-state index contributed by atoms with van der Waals surface area (Å²) in [5.41, 5.74) is 1.38. The van der Waals surface area contributed by atoms with Gasteiger partial charge in [0.2, 0.25) is 0 Å². The van der Waals surface area contributed by atoms with Crippen LogP contribution in [0, 0.1) is 5.92 Å². The number of nitrogens with zero attached hydrogens (tertiary/aromatic N) is 1. The Labute approximate surface area is 114 Å².